The minimum absolute atomic E-state index is 0.0888. The molecule has 1 aliphatic rings. The maximum absolute atomic E-state index is 11.2. The second-order valence-electron chi connectivity index (χ2n) is 5.76. The van der Waals surface area contributed by atoms with Gasteiger partial charge in [-0.1, -0.05) is 0 Å². The zero-order valence-corrected chi connectivity index (χ0v) is 11.9. The molecule has 0 bridgehead atoms. The molecule has 0 aliphatic heterocycles. The van der Waals surface area contributed by atoms with Gasteiger partial charge in [-0.3, -0.25) is 4.79 Å². The highest BCUT2D eigenvalue weighted by Gasteiger charge is 2.14. The van der Waals surface area contributed by atoms with Crippen LogP contribution in [0.3, 0.4) is 0 Å². The molecule has 0 fully saturated rings. The lowest BCUT2D eigenvalue weighted by Gasteiger charge is -2.09. The van der Waals surface area contributed by atoms with Crippen LogP contribution >= 0.6 is 0 Å². The van der Waals surface area contributed by atoms with Crippen LogP contribution < -0.4 is 5.56 Å². The molecule has 2 aromatic heterocycles. The number of aryl methyl sites for hydroxylation is 3. The normalized spacial score (nSPS) is 13.6. The fraction of sp³-hybridized carbons (Fsp3) is 0.222. The van der Waals surface area contributed by atoms with Crippen LogP contribution in [0.5, 0.6) is 0 Å². The van der Waals surface area contributed by atoms with Crippen molar-refractivity contribution in [1.82, 2.24) is 9.97 Å². The van der Waals surface area contributed by atoms with E-state index >= 15 is 0 Å². The summed E-state index contributed by atoms with van der Waals surface area (Å²) in [5, 5.41) is 1.24. The fourth-order valence-corrected chi connectivity index (χ4v) is 3.18. The molecule has 0 atom stereocenters. The first-order valence-corrected chi connectivity index (χ1v) is 7.33. The number of H-pyrrole nitrogens is 1. The molecule has 0 unspecified atom stereocenters. The molecule has 21 heavy (non-hydrogen) atoms. The van der Waals surface area contributed by atoms with E-state index in [0.29, 0.717) is 0 Å². The first kappa shape index (κ1) is 12.3. The van der Waals surface area contributed by atoms with Gasteiger partial charge in [0.1, 0.15) is 0 Å². The van der Waals surface area contributed by atoms with Crippen LogP contribution in [0.1, 0.15) is 23.1 Å². The molecule has 1 aromatic carbocycles. The van der Waals surface area contributed by atoms with E-state index in [2.05, 4.69) is 30.1 Å². The molecule has 0 saturated heterocycles. The summed E-state index contributed by atoms with van der Waals surface area (Å²) >= 11 is 0. The Morgan fingerprint density at radius 2 is 1.90 bits per heavy atom. The number of aromatic amines is 1. The highest BCUT2D eigenvalue weighted by atomic mass is 16.1. The highest BCUT2D eigenvalue weighted by molar-refractivity contribution is 5.86. The van der Waals surface area contributed by atoms with Crippen LogP contribution in [0.2, 0.25) is 0 Å². The fourth-order valence-electron chi connectivity index (χ4n) is 3.18. The SMILES string of the molecule is Cc1cc(-c2ccc(=O)[nH]c2)nc2cc3c(cc12)CCC3. The molecule has 4 rings (SSSR count). The quantitative estimate of drug-likeness (QED) is 0.740. The third kappa shape index (κ3) is 2.05. The predicted octanol–water partition coefficient (Wildman–Crippen LogP) is 3.39. The number of nitrogens with zero attached hydrogens (tertiary/aromatic N) is 1. The van der Waals surface area contributed by atoms with E-state index in [1.54, 1.807) is 12.3 Å². The summed E-state index contributed by atoms with van der Waals surface area (Å²) in [7, 11) is 0. The van der Waals surface area contributed by atoms with Gasteiger partial charge in [-0.05, 0) is 67.1 Å². The number of hydrogen-bond acceptors (Lipinski definition) is 2. The van der Waals surface area contributed by atoms with Crippen molar-refractivity contribution in [3.05, 3.63) is 63.6 Å². The summed E-state index contributed by atoms with van der Waals surface area (Å²) in [5.74, 6) is 0. The molecule has 1 N–H and O–H groups in total. The molecule has 3 nitrogen and oxygen atoms in total. The maximum Gasteiger partial charge on any atom is 0.247 e. The van der Waals surface area contributed by atoms with Crippen molar-refractivity contribution < 1.29 is 0 Å². The third-order valence-corrected chi connectivity index (χ3v) is 4.31. The van der Waals surface area contributed by atoms with Crippen molar-refractivity contribution in [2.75, 3.05) is 0 Å². The van der Waals surface area contributed by atoms with Crippen molar-refractivity contribution in [2.45, 2.75) is 26.2 Å². The van der Waals surface area contributed by atoms with Crippen LogP contribution in [-0.2, 0) is 12.8 Å². The first-order chi connectivity index (χ1) is 10.2. The van der Waals surface area contributed by atoms with Crippen LogP contribution in [-0.4, -0.2) is 9.97 Å². The van der Waals surface area contributed by atoms with Gasteiger partial charge in [0, 0.05) is 23.2 Å². The summed E-state index contributed by atoms with van der Waals surface area (Å²) in [6, 6.07) is 9.99. The Kier molecular flexibility index (Phi) is 2.67. The topological polar surface area (TPSA) is 45.8 Å². The number of fused-ring (bicyclic) bond motifs is 2. The molecular formula is C18H16N2O. The van der Waals surface area contributed by atoms with Crippen LogP contribution in [0.25, 0.3) is 22.2 Å². The number of nitrogens with one attached hydrogen (secondary N) is 1. The molecule has 0 spiro atoms. The zero-order valence-electron chi connectivity index (χ0n) is 11.9. The first-order valence-electron chi connectivity index (χ1n) is 7.33. The van der Waals surface area contributed by atoms with E-state index in [-0.39, 0.29) is 5.56 Å². The number of rotatable bonds is 1. The van der Waals surface area contributed by atoms with E-state index in [4.69, 9.17) is 4.98 Å². The number of benzene rings is 1. The molecular weight excluding hydrogens is 260 g/mol. The second-order valence-corrected chi connectivity index (χ2v) is 5.76. The third-order valence-electron chi connectivity index (χ3n) is 4.31. The number of hydrogen-bond donors (Lipinski definition) is 1. The van der Waals surface area contributed by atoms with Gasteiger partial charge in [0.05, 0.1) is 11.2 Å². The molecule has 0 saturated carbocycles. The number of aromatic nitrogens is 2. The van der Waals surface area contributed by atoms with Crippen molar-refractivity contribution in [2.24, 2.45) is 0 Å². The van der Waals surface area contributed by atoms with Gasteiger partial charge < -0.3 is 4.98 Å². The van der Waals surface area contributed by atoms with Gasteiger partial charge in [-0.25, -0.2) is 4.98 Å². The Morgan fingerprint density at radius 1 is 1.10 bits per heavy atom. The summed E-state index contributed by atoms with van der Waals surface area (Å²) < 4.78 is 0. The molecule has 104 valence electrons. The predicted molar refractivity (Wildman–Crippen MR) is 84.6 cm³/mol. The molecule has 0 amide bonds. The minimum atomic E-state index is -0.0888. The summed E-state index contributed by atoms with van der Waals surface area (Å²) in [6.45, 7) is 2.13. The molecule has 3 heteroatoms. The summed E-state index contributed by atoms with van der Waals surface area (Å²) in [6.07, 6.45) is 5.32. The summed E-state index contributed by atoms with van der Waals surface area (Å²) in [5.41, 5.74) is 6.97. The van der Waals surface area contributed by atoms with Gasteiger partial charge in [-0.15, -0.1) is 0 Å². The number of pyridine rings is 2. The van der Waals surface area contributed by atoms with Gasteiger partial charge in [0.15, 0.2) is 0 Å². The second kappa shape index (κ2) is 4.55. The highest BCUT2D eigenvalue weighted by Crippen LogP contribution is 2.30. The molecule has 2 heterocycles. The van der Waals surface area contributed by atoms with E-state index in [0.717, 1.165) is 23.2 Å². The lowest BCUT2D eigenvalue weighted by molar-refractivity contribution is 0.912. The Balaban J connectivity index is 1.94. The average molecular weight is 276 g/mol. The Labute approximate surface area is 122 Å². The van der Waals surface area contributed by atoms with Gasteiger partial charge >= 0.3 is 0 Å². The van der Waals surface area contributed by atoms with Crippen molar-refractivity contribution in [3.8, 4) is 11.3 Å². The van der Waals surface area contributed by atoms with Gasteiger partial charge in [-0.2, -0.15) is 0 Å². The lowest BCUT2D eigenvalue weighted by Crippen LogP contribution is -2.02. The Hall–Kier alpha value is -2.42. The standard InChI is InChI=1S/C18H16N2O/c1-11-7-16(14-5-6-18(21)19-10-14)20-17-9-13-4-2-3-12(13)8-15(11)17/h5-10H,2-4H2,1H3,(H,19,21). The Morgan fingerprint density at radius 3 is 2.67 bits per heavy atom. The van der Waals surface area contributed by atoms with Crippen molar-refractivity contribution >= 4 is 10.9 Å². The van der Waals surface area contributed by atoms with E-state index in [1.807, 2.05) is 6.07 Å². The van der Waals surface area contributed by atoms with Gasteiger partial charge in [0.2, 0.25) is 5.56 Å². The molecule has 0 radical (unpaired) electrons. The van der Waals surface area contributed by atoms with E-state index in [1.165, 1.54) is 34.9 Å². The smallest absolute Gasteiger partial charge is 0.247 e. The van der Waals surface area contributed by atoms with Crippen molar-refractivity contribution in [1.29, 1.82) is 0 Å². The zero-order chi connectivity index (χ0) is 14.4. The monoisotopic (exact) mass is 276 g/mol. The van der Waals surface area contributed by atoms with Crippen LogP contribution in [0, 0.1) is 6.92 Å². The largest absolute Gasteiger partial charge is 0.328 e. The molecule has 3 aromatic rings. The maximum atomic E-state index is 11.2. The van der Waals surface area contributed by atoms with Crippen LogP contribution in [0.15, 0.2) is 41.3 Å². The molecule has 1 aliphatic carbocycles. The van der Waals surface area contributed by atoms with Gasteiger partial charge in [0.25, 0.3) is 0 Å². The van der Waals surface area contributed by atoms with Crippen LogP contribution in [0.4, 0.5) is 0 Å². The average Bonchev–Trinajstić information content (AvgIpc) is 2.93. The lowest BCUT2D eigenvalue weighted by atomic mass is 10.0. The summed E-state index contributed by atoms with van der Waals surface area (Å²) in [4.78, 5) is 18.7. The van der Waals surface area contributed by atoms with E-state index < -0.39 is 0 Å². The Bertz CT molecular complexity index is 888. The van der Waals surface area contributed by atoms with E-state index in [9.17, 15) is 4.79 Å². The van der Waals surface area contributed by atoms with Crippen molar-refractivity contribution in [3.63, 3.8) is 0 Å². The minimum Gasteiger partial charge on any atom is -0.328 e.